The lowest BCUT2D eigenvalue weighted by Gasteiger charge is -2.26. The molecule has 7 nitrogen and oxygen atoms in total. The van der Waals surface area contributed by atoms with Crippen LogP contribution < -0.4 is 15.4 Å². The van der Waals surface area contributed by atoms with Crippen molar-refractivity contribution in [1.82, 2.24) is 15.2 Å². The highest BCUT2D eigenvalue weighted by Crippen LogP contribution is 2.26. The maximum Gasteiger partial charge on any atom is 0.319 e. The molecule has 0 radical (unpaired) electrons. The molecule has 0 unspecified atom stereocenters. The van der Waals surface area contributed by atoms with Crippen molar-refractivity contribution >= 4 is 11.7 Å². The molecule has 25 heavy (non-hydrogen) atoms. The lowest BCUT2D eigenvalue weighted by atomic mass is 10.3. The molecule has 0 spiro atoms. The van der Waals surface area contributed by atoms with Crippen molar-refractivity contribution in [3.8, 4) is 11.6 Å². The molecular weight excluding hydrogens is 320 g/mol. The zero-order valence-electron chi connectivity index (χ0n) is 14.0. The molecule has 2 aromatic rings. The summed E-state index contributed by atoms with van der Waals surface area (Å²) in [5.41, 5.74) is 0.523. The fourth-order valence-corrected chi connectivity index (χ4v) is 2.49. The number of pyridine rings is 1. The Balaban J connectivity index is 1.50. The number of hydrogen-bond donors (Lipinski definition) is 2. The summed E-state index contributed by atoms with van der Waals surface area (Å²) in [5, 5.41) is 5.64. The number of nitrogens with zero attached hydrogens (tertiary/aromatic N) is 2. The van der Waals surface area contributed by atoms with E-state index in [9.17, 15) is 4.79 Å². The highest BCUT2D eigenvalue weighted by Gasteiger charge is 2.12. The highest BCUT2D eigenvalue weighted by molar-refractivity contribution is 5.90. The number of rotatable bonds is 6. The van der Waals surface area contributed by atoms with Gasteiger partial charge in [-0.25, -0.2) is 9.78 Å². The molecule has 3 rings (SSSR count). The van der Waals surface area contributed by atoms with E-state index < -0.39 is 0 Å². The molecule has 2 heterocycles. The Morgan fingerprint density at radius 1 is 1.16 bits per heavy atom. The largest absolute Gasteiger partial charge is 0.437 e. The first-order valence-electron chi connectivity index (χ1n) is 8.34. The van der Waals surface area contributed by atoms with E-state index in [1.165, 1.54) is 0 Å². The quantitative estimate of drug-likeness (QED) is 0.843. The maximum absolute atomic E-state index is 12.1. The fraction of sp³-hybridized carbons (Fsp3) is 0.333. The predicted molar refractivity (Wildman–Crippen MR) is 95.0 cm³/mol. The molecule has 7 heteroatoms. The molecule has 1 aliphatic rings. The normalized spacial score (nSPS) is 14.7. The minimum absolute atomic E-state index is 0.279. The molecule has 0 aliphatic carbocycles. The molecule has 0 saturated carbocycles. The van der Waals surface area contributed by atoms with Gasteiger partial charge in [0, 0.05) is 32.4 Å². The van der Waals surface area contributed by atoms with Crippen LogP contribution in [0.3, 0.4) is 0 Å². The van der Waals surface area contributed by atoms with Gasteiger partial charge in [-0.15, -0.1) is 0 Å². The van der Waals surface area contributed by atoms with Gasteiger partial charge in [-0.2, -0.15) is 0 Å². The van der Waals surface area contributed by atoms with Crippen molar-refractivity contribution in [2.45, 2.75) is 0 Å². The number of aromatic nitrogens is 1. The second-order valence-electron chi connectivity index (χ2n) is 5.61. The van der Waals surface area contributed by atoms with Crippen LogP contribution in [0.2, 0.25) is 0 Å². The summed E-state index contributed by atoms with van der Waals surface area (Å²) < 4.78 is 11.0. The van der Waals surface area contributed by atoms with Crippen LogP contribution in [-0.2, 0) is 4.74 Å². The minimum Gasteiger partial charge on any atom is -0.437 e. The Morgan fingerprint density at radius 3 is 2.76 bits per heavy atom. The smallest absolute Gasteiger partial charge is 0.319 e. The van der Waals surface area contributed by atoms with Gasteiger partial charge < -0.3 is 20.1 Å². The number of amides is 2. The van der Waals surface area contributed by atoms with Crippen LogP contribution in [0.4, 0.5) is 10.5 Å². The summed E-state index contributed by atoms with van der Waals surface area (Å²) in [5.74, 6) is 1.02. The van der Waals surface area contributed by atoms with Crippen molar-refractivity contribution in [1.29, 1.82) is 0 Å². The lowest BCUT2D eigenvalue weighted by molar-refractivity contribution is 0.0388. The number of anilines is 1. The van der Waals surface area contributed by atoms with Gasteiger partial charge in [-0.3, -0.25) is 4.90 Å². The van der Waals surface area contributed by atoms with E-state index in [-0.39, 0.29) is 6.03 Å². The zero-order valence-corrected chi connectivity index (χ0v) is 14.0. The summed E-state index contributed by atoms with van der Waals surface area (Å²) in [6, 6.07) is 12.6. The summed E-state index contributed by atoms with van der Waals surface area (Å²) >= 11 is 0. The van der Waals surface area contributed by atoms with E-state index in [1.54, 1.807) is 18.3 Å². The SMILES string of the molecule is O=C(NCCN1CCOCC1)Nc1cccnc1Oc1ccccc1. The van der Waals surface area contributed by atoms with E-state index in [4.69, 9.17) is 9.47 Å². The van der Waals surface area contributed by atoms with Crippen LogP contribution in [0.1, 0.15) is 0 Å². The van der Waals surface area contributed by atoms with Crippen molar-refractivity contribution in [3.05, 3.63) is 48.7 Å². The van der Waals surface area contributed by atoms with Crippen LogP contribution in [0.15, 0.2) is 48.7 Å². The van der Waals surface area contributed by atoms with Gasteiger partial charge in [-0.1, -0.05) is 18.2 Å². The predicted octanol–water partition coefficient (Wildman–Crippen LogP) is 2.33. The zero-order chi connectivity index (χ0) is 17.3. The van der Waals surface area contributed by atoms with E-state index in [0.717, 1.165) is 32.8 Å². The van der Waals surface area contributed by atoms with E-state index in [2.05, 4.69) is 20.5 Å². The van der Waals surface area contributed by atoms with Crippen LogP contribution in [-0.4, -0.2) is 55.3 Å². The number of ether oxygens (including phenoxy) is 2. The monoisotopic (exact) mass is 342 g/mol. The number of para-hydroxylation sites is 1. The van der Waals surface area contributed by atoms with Crippen LogP contribution in [0.5, 0.6) is 11.6 Å². The molecule has 1 fully saturated rings. The van der Waals surface area contributed by atoms with Crippen molar-refractivity contribution in [2.75, 3.05) is 44.7 Å². The molecule has 2 N–H and O–H groups in total. The number of carbonyl (C=O) groups is 1. The van der Waals surface area contributed by atoms with E-state index >= 15 is 0 Å². The topological polar surface area (TPSA) is 75.7 Å². The van der Waals surface area contributed by atoms with E-state index in [1.807, 2.05) is 30.3 Å². The summed E-state index contributed by atoms with van der Waals surface area (Å²) in [7, 11) is 0. The Morgan fingerprint density at radius 2 is 1.96 bits per heavy atom. The van der Waals surface area contributed by atoms with Crippen molar-refractivity contribution in [2.24, 2.45) is 0 Å². The van der Waals surface area contributed by atoms with Crippen LogP contribution >= 0.6 is 0 Å². The van der Waals surface area contributed by atoms with Gasteiger partial charge in [0.15, 0.2) is 0 Å². The second-order valence-corrected chi connectivity index (χ2v) is 5.61. The van der Waals surface area contributed by atoms with Crippen LogP contribution in [0, 0.1) is 0 Å². The third kappa shape index (κ3) is 5.44. The number of urea groups is 1. The van der Waals surface area contributed by atoms with Crippen LogP contribution in [0.25, 0.3) is 0 Å². The first kappa shape index (κ1) is 17.2. The van der Waals surface area contributed by atoms with Gasteiger partial charge in [0.05, 0.1) is 13.2 Å². The number of hydrogen-bond acceptors (Lipinski definition) is 5. The summed E-state index contributed by atoms with van der Waals surface area (Å²) in [6.07, 6.45) is 1.62. The van der Waals surface area contributed by atoms with Crippen molar-refractivity contribution < 1.29 is 14.3 Å². The molecule has 1 aromatic heterocycles. The summed E-state index contributed by atoms with van der Waals surface area (Å²) in [6.45, 7) is 4.68. The average molecular weight is 342 g/mol. The van der Waals surface area contributed by atoms with Crippen molar-refractivity contribution in [3.63, 3.8) is 0 Å². The lowest BCUT2D eigenvalue weighted by Crippen LogP contribution is -2.42. The molecule has 2 amide bonds. The Hall–Kier alpha value is -2.64. The number of morpholine rings is 1. The highest BCUT2D eigenvalue weighted by atomic mass is 16.5. The third-order valence-electron chi connectivity index (χ3n) is 3.79. The summed E-state index contributed by atoms with van der Waals surface area (Å²) in [4.78, 5) is 18.6. The first-order chi connectivity index (χ1) is 12.3. The van der Waals surface area contributed by atoms with Gasteiger partial charge in [0.1, 0.15) is 11.4 Å². The maximum atomic E-state index is 12.1. The first-order valence-corrected chi connectivity index (χ1v) is 8.34. The van der Waals surface area contributed by atoms with Gasteiger partial charge >= 0.3 is 6.03 Å². The molecule has 1 aliphatic heterocycles. The Kier molecular flexibility index (Phi) is 6.19. The van der Waals surface area contributed by atoms with Gasteiger partial charge in [0.2, 0.25) is 5.88 Å². The minimum atomic E-state index is -0.279. The third-order valence-corrected chi connectivity index (χ3v) is 3.79. The standard InChI is InChI=1S/C18H22N4O3/c23-18(20-9-10-22-11-13-24-14-12-22)21-16-7-4-8-19-17(16)25-15-5-2-1-3-6-15/h1-8H,9-14H2,(H2,20,21,23). The molecular formula is C18H22N4O3. The average Bonchev–Trinajstić information content (AvgIpc) is 2.65. The number of nitrogens with one attached hydrogen (secondary N) is 2. The molecule has 1 saturated heterocycles. The molecule has 0 atom stereocenters. The Labute approximate surface area is 147 Å². The number of benzene rings is 1. The van der Waals surface area contributed by atoms with Gasteiger partial charge in [-0.05, 0) is 24.3 Å². The second kappa shape index (κ2) is 9.00. The van der Waals surface area contributed by atoms with Gasteiger partial charge in [0.25, 0.3) is 0 Å². The van der Waals surface area contributed by atoms with E-state index in [0.29, 0.717) is 23.9 Å². The Bertz CT molecular complexity index is 675. The molecule has 132 valence electrons. The molecule has 1 aromatic carbocycles. The number of carbonyl (C=O) groups excluding carboxylic acids is 1. The molecule has 0 bridgehead atoms. The fourth-order valence-electron chi connectivity index (χ4n) is 2.49.